The number of rotatable bonds is 5. The van der Waals surface area contributed by atoms with Gasteiger partial charge in [-0.25, -0.2) is 31.5 Å². The lowest BCUT2D eigenvalue weighted by molar-refractivity contribution is 0.331. The van der Waals surface area contributed by atoms with E-state index >= 15 is 0 Å². The molecule has 0 unspecified atom stereocenters. The van der Waals surface area contributed by atoms with E-state index in [2.05, 4.69) is 20.3 Å². The third-order valence-corrected chi connectivity index (χ3v) is 7.23. The summed E-state index contributed by atoms with van der Waals surface area (Å²) in [5, 5.41) is 3.79. The second kappa shape index (κ2) is 8.90. The zero-order valence-corrected chi connectivity index (χ0v) is 19.9. The predicted octanol–water partition coefficient (Wildman–Crippen LogP) is 4.24. The Morgan fingerprint density at radius 3 is 2.42 bits per heavy atom. The minimum atomic E-state index is -3.22. The van der Waals surface area contributed by atoms with E-state index in [0.29, 0.717) is 36.9 Å². The lowest BCUT2D eigenvalue weighted by atomic mass is 9.95. The summed E-state index contributed by atoms with van der Waals surface area (Å²) in [7, 11) is -3.22. The van der Waals surface area contributed by atoms with Crippen LogP contribution in [0.25, 0.3) is 22.2 Å². The number of benzene rings is 1. The SMILES string of the molecule is Cc1cc(C(C)C)c2cc(-c3nc(NC4CCN(S(C)(=O)=O)CC4)ncc3F)cc(F)c2n1. The molecular weight excluding hydrogens is 448 g/mol. The zero-order chi connectivity index (χ0) is 23.9. The van der Waals surface area contributed by atoms with Gasteiger partial charge in [0, 0.05) is 35.8 Å². The molecule has 0 atom stereocenters. The number of piperidine rings is 1. The summed E-state index contributed by atoms with van der Waals surface area (Å²) in [6.45, 7) is 6.64. The second-order valence-electron chi connectivity index (χ2n) is 8.83. The molecule has 1 aromatic carbocycles. The van der Waals surface area contributed by atoms with Crippen molar-refractivity contribution in [1.82, 2.24) is 19.3 Å². The largest absolute Gasteiger partial charge is 0.351 e. The Morgan fingerprint density at radius 1 is 1.09 bits per heavy atom. The normalized spacial score (nSPS) is 16.0. The Kier molecular flexibility index (Phi) is 6.32. The highest BCUT2D eigenvalue weighted by atomic mass is 32.2. The molecule has 0 saturated carbocycles. The van der Waals surface area contributed by atoms with Crippen molar-refractivity contribution < 1.29 is 17.2 Å². The van der Waals surface area contributed by atoms with Crippen molar-refractivity contribution in [3.8, 4) is 11.3 Å². The Hall–Kier alpha value is -2.72. The molecule has 0 spiro atoms. The number of aromatic nitrogens is 3. The Morgan fingerprint density at radius 2 is 1.79 bits per heavy atom. The fraction of sp³-hybridized carbons (Fsp3) is 0.435. The first-order chi connectivity index (χ1) is 15.5. The molecule has 1 aliphatic heterocycles. The van der Waals surface area contributed by atoms with Gasteiger partial charge < -0.3 is 5.32 Å². The molecule has 1 N–H and O–H groups in total. The molecule has 0 aliphatic carbocycles. The number of nitrogens with zero attached hydrogens (tertiary/aromatic N) is 4. The molecule has 4 rings (SSSR count). The average molecular weight is 476 g/mol. The molecule has 0 bridgehead atoms. The number of halogens is 2. The van der Waals surface area contributed by atoms with Gasteiger partial charge in [-0.3, -0.25) is 4.98 Å². The number of hydrogen-bond donors (Lipinski definition) is 1. The number of pyridine rings is 1. The van der Waals surface area contributed by atoms with Crippen LogP contribution >= 0.6 is 0 Å². The first-order valence-electron chi connectivity index (χ1n) is 10.9. The molecule has 0 amide bonds. The maximum atomic E-state index is 15.0. The summed E-state index contributed by atoms with van der Waals surface area (Å²) in [4.78, 5) is 12.7. The summed E-state index contributed by atoms with van der Waals surface area (Å²) in [6.07, 6.45) is 3.42. The Labute approximate surface area is 192 Å². The fourth-order valence-corrected chi connectivity index (χ4v) is 5.09. The van der Waals surface area contributed by atoms with Crippen LogP contribution in [0.5, 0.6) is 0 Å². The van der Waals surface area contributed by atoms with Crippen molar-refractivity contribution in [2.24, 2.45) is 0 Å². The van der Waals surface area contributed by atoms with Crippen LogP contribution < -0.4 is 5.32 Å². The van der Waals surface area contributed by atoms with E-state index in [0.717, 1.165) is 17.5 Å². The second-order valence-corrected chi connectivity index (χ2v) is 10.8. The molecule has 1 aliphatic rings. The summed E-state index contributed by atoms with van der Waals surface area (Å²) >= 11 is 0. The van der Waals surface area contributed by atoms with Gasteiger partial charge in [0.05, 0.1) is 12.5 Å². The van der Waals surface area contributed by atoms with Crippen molar-refractivity contribution in [3.05, 3.63) is 47.3 Å². The van der Waals surface area contributed by atoms with E-state index in [1.807, 2.05) is 26.8 Å². The van der Waals surface area contributed by atoms with Crippen molar-refractivity contribution in [1.29, 1.82) is 0 Å². The maximum absolute atomic E-state index is 15.0. The lowest BCUT2D eigenvalue weighted by Gasteiger charge is -2.30. The molecule has 2 aromatic heterocycles. The van der Waals surface area contributed by atoms with Crippen LogP contribution in [0.1, 0.15) is 43.9 Å². The van der Waals surface area contributed by atoms with Crippen molar-refractivity contribution in [2.45, 2.75) is 45.6 Å². The van der Waals surface area contributed by atoms with Gasteiger partial charge in [-0.15, -0.1) is 0 Å². The smallest absolute Gasteiger partial charge is 0.223 e. The topological polar surface area (TPSA) is 88.1 Å². The molecule has 0 radical (unpaired) electrons. The quantitative estimate of drug-likeness (QED) is 0.594. The molecule has 176 valence electrons. The zero-order valence-electron chi connectivity index (χ0n) is 19.1. The van der Waals surface area contributed by atoms with Crippen molar-refractivity contribution in [2.75, 3.05) is 24.7 Å². The summed E-state index contributed by atoms with van der Waals surface area (Å²) < 4.78 is 54.5. The molecule has 33 heavy (non-hydrogen) atoms. The lowest BCUT2D eigenvalue weighted by Crippen LogP contribution is -2.42. The van der Waals surface area contributed by atoms with Gasteiger partial charge in [-0.05, 0) is 49.4 Å². The Bertz CT molecular complexity index is 1310. The minimum Gasteiger partial charge on any atom is -0.351 e. The molecule has 3 aromatic rings. The first-order valence-corrected chi connectivity index (χ1v) is 12.7. The molecular formula is C23H27F2N5O2S. The highest BCUT2D eigenvalue weighted by Gasteiger charge is 2.25. The van der Waals surface area contributed by atoms with Crippen LogP contribution in [0.2, 0.25) is 0 Å². The predicted molar refractivity (Wildman–Crippen MR) is 125 cm³/mol. The number of sulfonamides is 1. The van der Waals surface area contributed by atoms with Gasteiger partial charge >= 0.3 is 0 Å². The van der Waals surface area contributed by atoms with Gasteiger partial charge in [0.25, 0.3) is 0 Å². The van der Waals surface area contributed by atoms with Gasteiger partial charge in [-0.1, -0.05) is 13.8 Å². The third-order valence-electron chi connectivity index (χ3n) is 5.92. The van der Waals surface area contributed by atoms with Crippen LogP contribution in [0.4, 0.5) is 14.7 Å². The molecule has 1 saturated heterocycles. The molecule has 1 fully saturated rings. The standard InChI is InChI=1S/C23H27F2N5O2S/c1-13(2)17-9-14(3)27-22-18(17)10-15(11-19(22)24)21-20(25)12-26-23(29-21)28-16-5-7-30(8-6-16)33(4,31)32/h9-13,16H,5-8H2,1-4H3,(H,26,28,29). The van der Waals surface area contributed by atoms with E-state index in [9.17, 15) is 17.2 Å². The summed E-state index contributed by atoms with van der Waals surface area (Å²) in [5.41, 5.74) is 2.22. The highest BCUT2D eigenvalue weighted by molar-refractivity contribution is 7.88. The van der Waals surface area contributed by atoms with Gasteiger partial charge in [0.2, 0.25) is 16.0 Å². The van der Waals surface area contributed by atoms with Gasteiger partial charge in [0.1, 0.15) is 17.0 Å². The average Bonchev–Trinajstić information content (AvgIpc) is 2.74. The summed E-state index contributed by atoms with van der Waals surface area (Å²) in [6, 6.07) is 4.84. The van der Waals surface area contributed by atoms with Crippen LogP contribution in [0.15, 0.2) is 24.4 Å². The maximum Gasteiger partial charge on any atom is 0.223 e. The monoisotopic (exact) mass is 475 g/mol. The Balaban J connectivity index is 1.66. The van der Waals surface area contributed by atoms with Crippen molar-refractivity contribution >= 4 is 26.9 Å². The molecule has 7 nitrogen and oxygen atoms in total. The van der Waals surface area contributed by atoms with Gasteiger partial charge in [-0.2, -0.15) is 0 Å². The van der Waals surface area contributed by atoms with Crippen LogP contribution in [0.3, 0.4) is 0 Å². The third kappa shape index (κ3) is 4.96. The van der Waals surface area contributed by atoms with Gasteiger partial charge in [0.15, 0.2) is 5.82 Å². The van der Waals surface area contributed by atoms with E-state index in [1.165, 1.54) is 16.6 Å². The number of aryl methyl sites for hydroxylation is 1. The summed E-state index contributed by atoms with van der Waals surface area (Å²) in [5.74, 6) is -0.837. The number of hydrogen-bond acceptors (Lipinski definition) is 6. The number of anilines is 1. The van der Waals surface area contributed by atoms with Crippen LogP contribution in [-0.2, 0) is 10.0 Å². The first kappa shape index (κ1) is 23.4. The molecule has 3 heterocycles. The fourth-order valence-electron chi connectivity index (χ4n) is 4.21. The van der Waals surface area contributed by atoms with Crippen molar-refractivity contribution in [3.63, 3.8) is 0 Å². The molecule has 10 heteroatoms. The number of fused-ring (bicyclic) bond motifs is 1. The van der Waals surface area contributed by atoms with E-state index in [4.69, 9.17) is 0 Å². The van der Waals surface area contributed by atoms with Crippen LogP contribution in [0, 0.1) is 18.6 Å². The van der Waals surface area contributed by atoms with E-state index in [1.54, 1.807) is 6.07 Å². The van der Waals surface area contributed by atoms with E-state index in [-0.39, 0.29) is 29.1 Å². The number of nitrogens with one attached hydrogen (secondary N) is 1. The minimum absolute atomic E-state index is 0.00264. The van der Waals surface area contributed by atoms with E-state index < -0.39 is 21.7 Å². The van der Waals surface area contributed by atoms with Crippen LogP contribution in [-0.4, -0.2) is 53.1 Å². The highest BCUT2D eigenvalue weighted by Crippen LogP contribution is 2.32.